The van der Waals surface area contributed by atoms with Gasteiger partial charge in [0.1, 0.15) is 0 Å². The molecule has 0 aliphatic carbocycles. The van der Waals surface area contributed by atoms with Gasteiger partial charge in [0.15, 0.2) is 0 Å². The third-order valence-corrected chi connectivity index (χ3v) is 2.25. The van der Waals surface area contributed by atoms with Gasteiger partial charge in [0, 0.05) is 19.2 Å². The average Bonchev–Trinajstić information content (AvgIpc) is 2.13. The summed E-state index contributed by atoms with van der Waals surface area (Å²) in [5, 5.41) is 8.72. The third kappa shape index (κ3) is 5.99. The molecule has 0 fully saturated rings. The highest BCUT2D eigenvalue weighted by atomic mass is 16.5. The van der Waals surface area contributed by atoms with Crippen LogP contribution >= 0.6 is 0 Å². The summed E-state index contributed by atoms with van der Waals surface area (Å²) < 4.78 is 5.04. The fourth-order valence-electron chi connectivity index (χ4n) is 1.05. The standard InChI is InChI=1S/C9H22N2O2/c1-8(7-13-3)11(2)5-4-9(10)6-12/h8-9,12H,4-7,10H2,1-3H3. The van der Waals surface area contributed by atoms with E-state index in [4.69, 9.17) is 15.6 Å². The van der Waals surface area contributed by atoms with Crippen molar-refractivity contribution in [3.8, 4) is 0 Å². The van der Waals surface area contributed by atoms with Crippen LogP contribution in [-0.4, -0.2) is 56.0 Å². The van der Waals surface area contributed by atoms with E-state index in [1.165, 1.54) is 0 Å². The Bertz CT molecular complexity index is 122. The molecule has 4 heteroatoms. The summed E-state index contributed by atoms with van der Waals surface area (Å²) in [7, 11) is 3.73. The minimum atomic E-state index is -0.0998. The maximum Gasteiger partial charge on any atom is 0.0615 e. The number of nitrogens with two attached hydrogens (primary N) is 1. The van der Waals surface area contributed by atoms with Gasteiger partial charge in [-0.25, -0.2) is 0 Å². The molecule has 4 nitrogen and oxygen atoms in total. The lowest BCUT2D eigenvalue weighted by atomic mass is 10.2. The molecule has 0 aromatic rings. The number of aliphatic hydroxyl groups is 1. The summed E-state index contributed by atoms with van der Waals surface area (Å²) in [5.74, 6) is 0. The minimum absolute atomic E-state index is 0.0620. The Morgan fingerprint density at radius 3 is 2.62 bits per heavy atom. The van der Waals surface area contributed by atoms with Gasteiger partial charge in [-0.3, -0.25) is 0 Å². The molecular weight excluding hydrogens is 168 g/mol. The van der Waals surface area contributed by atoms with Crippen molar-refractivity contribution in [2.75, 3.05) is 33.9 Å². The molecule has 0 bridgehead atoms. The summed E-state index contributed by atoms with van der Waals surface area (Å²) in [6.45, 7) is 3.79. The van der Waals surface area contributed by atoms with Gasteiger partial charge < -0.3 is 20.5 Å². The van der Waals surface area contributed by atoms with Crippen LogP contribution in [0.25, 0.3) is 0 Å². The van der Waals surface area contributed by atoms with E-state index in [0.29, 0.717) is 6.04 Å². The number of hydrogen-bond donors (Lipinski definition) is 2. The monoisotopic (exact) mass is 190 g/mol. The predicted octanol–water partition coefficient (Wildman–Crippen LogP) is -0.337. The summed E-state index contributed by atoms with van der Waals surface area (Å²) in [6.07, 6.45) is 0.820. The molecule has 80 valence electrons. The molecule has 2 atom stereocenters. The number of methoxy groups -OCH3 is 1. The zero-order valence-corrected chi connectivity index (χ0v) is 8.86. The Hall–Kier alpha value is -0.160. The normalized spacial score (nSPS) is 16.2. The number of rotatable bonds is 7. The molecular formula is C9H22N2O2. The summed E-state index contributed by atoms with van der Waals surface area (Å²) in [6, 6.07) is 0.299. The predicted molar refractivity (Wildman–Crippen MR) is 53.6 cm³/mol. The Kier molecular flexibility index (Phi) is 7.17. The minimum Gasteiger partial charge on any atom is -0.395 e. The first-order chi connectivity index (χ1) is 6.11. The van der Waals surface area contributed by atoms with Gasteiger partial charge in [-0.1, -0.05) is 0 Å². The zero-order chi connectivity index (χ0) is 10.3. The first-order valence-electron chi connectivity index (χ1n) is 4.67. The second-order valence-corrected chi connectivity index (χ2v) is 3.52. The van der Waals surface area contributed by atoms with Crippen LogP contribution in [0.2, 0.25) is 0 Å². The molecule has 0 aliphatic rings. The van der Waals surface area contributed by atoms with Gasteiger partial charge >= 0.3 is 0 Å². The molecule has 3 N–H and O–H groups in total. The number of aliphatic hydroxyl groups excluding tert-OH is 1. The molecule has 0 spiro atoms. The van der Waals surface area contributed by atoms with Gasteiger partial charge in [0.25, 0.3) is 0 Å². The number of likely N-dealkylation sites (N-methyl/N-ethyl adjacent to an activating group) is 1. The Balaban J connectivity index is 3.54. The summed E-state index contributed by atoms with van der Waals surface area (Å²) >= 11 is 0. The van der Waals surface area contributed by atoms with Crippen LogP contribution in [0.4, 0.5) is 0 Å². The van der Waals surface area contributed by atoms with Crippen LogP contribution in [0.3, 0.4) is 0 Å². The summed E-state index contributed by atoms with van der Waals surface area (Å²) in [5.41, 5.74) is 5.59. The van der Waals surface area contributed by atoms with Crippen LogP contribution in [0.5, 0.6) is 0 Å². The van der Waals surface area contributed by atoms with Crippen molar-refractivity contribution in [3.05, 3.63) is 0 Å². The Morgan fingerprint density at radius 2 is 2.15 bits per heavy atom. The Labute approximate surface area is 80.7 Å². The van der Waals surface area contributed by atoms with Gasteiger partial charge in [-0.2, -0.15) is 0 Å². The largest absolute Gasteiger partial charge is 0.395 e. The highest BCUT2D eigenvalue weighted by Crippen LogP contribution is 1.98. The van der Waals surface area contributed by atoms with E-state index in [9.17, 15) is 0 Å². The smallest absolute Gasteiger partial charge is 0.0615 e. The quantitative estimate of drug-likeness (QED) is 0.577. The molecule has 2 unspecified atom stereocenters. The van der Waals surface area contributed by atoms with E-state index in [-0.39, 0.29) is 12.6 Å². The van der Waals surface area contributed by atoms with E-state index in [1.54, 1.807) is 7.11 Å². The van der Waals surface area contributed by atoms with Crippen LogP contribution < -0.4 is 5.73 Å². The van der Waals surface area contributed by atoms with Crippen LogP contribution in [-0.2, 0) is 4.74 Å². The molecule has 0 radical (unpaired) electrons. The summed E-state index contributed by atoms with van der Waals surface area (Å²) in [4.78, 5) is 2.18. The fourth-order valence-corrected chi connectivity index (χ4v) is 1.05. The third-order valence-electron chi connectivity index (χ3n) is 2.25. The SMILES string of the molecule is COCC(C)N(C)CCC(N)CO. The van der Waals surface area contributed by atoms with Crippen molar-refractivity contribution in [3.63, 3.8) is 0 Å². The number of hydrogen-bond acceptors (Lipinski definition) is 4. The first kappa shape index (κ1) is 12.8. The molecule has 0 amide bonds. The topological polar surface area (TPSA) is 58.7 Å². The molecule has 0 aromatic heterocycles. The molecule has 0 aromatic carbocycles. The van der Waals surface area contributed by atoms with Crippen molar-refractivity contribution in [1.82, 2.24) is 4.90 Å². The van der Waals surface area contributed by atoms with Crippen molar-refractivity contribution < 1.29 is 9.84 Å². The highest BCUT2D eigenvalue weighted by Gasteiger charge is 2.09. The van der Waals surface area contributed by atoms with Crippen molar-refractivity contribution in [1.29, 1.82) is 0 Å². The van der Waals surface area contributed by atoms with E-state index >= 15 is 0 Å². The maximum absolute atomic E-state index is 8.72. The van der Waals surface area contributed by atoms with Gasteiger partial charge in [0.2, 0.25) is 0 Å². The average molecular weight is 190 g/mol. The van der Waals surface area contributed by atoms with E-state index in [0.717, 1.165) is 19.6 Å². The number of nitrogens with zero attached hydrogens (tertiary/aromatic N) is 1. The molecule has 0 aliphatic heterocycles. The van der Waals surface area contributed by atoms with Crippen molar-refractivity contribution in [2.45, 2.75) is 25.4 Å². The van der Waals surface area contributed by atoms with Gasteiger partial charge in [-0.15, -0.1) is 0 Å². The van der Waals surface area contributed by atoms with Crippen LogP contribution in [0.1, 0.15) is 13.3 Å². The molecule has 0 saturated heterocycles. The lowest BCUT2D eigenvalue weighted by Gasteiger charge is -2.24. The molecule has 0 heterocycles. The van der Waals surface area contributed by atoms with Crippen LogP contribution in [0, 0.1) is 0 Å². The maximum atomic E-state index is 8.72. The second kappa shape index (κ2) is 7.26. The highest BCUT2D eigenvalue weighted by molar-refractivity contribution is 4.66. The van der Waals surface area contributed by atoms with Gasteiger partial charge in [0.05, 0.1) is 13.2 Å². The second-order valence-electron chi connectivity index (χ2n) is 3.52. The van der Waals surface area contributed by atoms with Gasteiger partial charge in [-0.05, 0) is 26.9 Å². The van der Waals surface area contributed by atoms with Crippen LogP contribution in [0.15, 0.2) is 0 Å². The molecule has 0 rings (SSSR count). The fraction of sp³-hybridized carbons (Fsp3) is 1.00. The van der Waals surface area contributed by atoms with E-state index < -0.39 is 0 Å². The zero-order valence-electron chi connectivity index (χ0n) is 8.86. The lowest BCUT2D eigenvalue weighted by molar-refractivity contribution is 0.112. The molecule has 13 heavy (non-hydrogen) atoms. The number of ether oxygens (including phenoxy) is 1. The van der Waals surface area contributed by atoms with E-state index in [2.05, 4.69) is 11.8 Å². The Morgan fingerprint density at radius 1 is 1.54 bits per heavy atom. The van der Waals surface area contributed by atoms with Crippen molar-refractivity contribution in [2.24, 2.45) is 5.73 Å². The molecule has 0 saturated carbocycles. The van der Waals surface area contributed by atoms with Crippen molar-refractivity contribution >= 4 is 0 Å². The lowest BCUT2D eigenvalue weighted by Crippen LogP contribution is -2.37. The first-order valence-corrected chi connectivity index (χ1v) is 4.67. The van der Waals surface area contributed by atoms with E-state index in [1.807, 2.05) is 7.05 Å².